The smallest absolute Gasteiger partial charge is 0.326 e. The Balaban J connectivity index is 5.66. The van der Waals surface area contributed by atoms with Crippen molar-refractivity contribution in [1.29, 1.82) is 0 Å². The second-order valence-corrected chi connectivity index (χ2v) is 9.31. The summed E-state index contributed by atoms with van der Waals surface area (Å²) in [6.07, 6.45) is 0.833. The minimum atomic E-state index is -1.22. The van der Waals surface area contributed by atoms with E-state index in [2.05, 4.69) is 16.0 Å². The zero-order chi connectivity index (χ0) is 26.6. The van der Waals surface area contributed by atoms with Gasteiger partial charge in [0.05, 0.1) is 6.04 Å². The molecule has 6 unspecified atom stereocenters. The Morgan fingerprint density at radius 2 is 1.26 bits per heavy atom. The number of rotatable bonds is 16. The zero-order valence-corrected chi connectivity index (χ0v) is 21.1. The predicted molar refractivity (Wildman–Crippen MR) is 127 cm³/mol. The van der Waals surface area contributed by atoms with Crippen LogP contribution < -0.4 is 21.7 Å². The molecule has 0 radical (unpaired) electrons. The third-order valence-electron chi connectivity index (χ3n) is 5.91. The zero-order valence-electron chi connectivity index (χ0n) is 21.1. The molecule has 0 fully saturated rings. The minimum Gasteiger partial charge on any atom is -0.481 e. The van der Waals surface area contributed by atoms with Crippen LogP contribution in [0.1, 0.15) is 73.6 Å². The van der Waals surface area contributed by atoms with E-state index in [1.807, 2.05) is 20.8 Å². The molecule has 0 aromatic carbocycles. The van der Waals surface area contributed by atoms with Crippen LogP contribution in [-0.2, 0) is 24.0 Å². The van der Waals surface area contributed by atoms with E-state index in [1.165, 1.54) is 0 Å². The van der Waals surface area contributed by atoms with Gasteiger partial charge < -0.3 is 31.9 Å². The molecule has 6 atom stereocenters. The first kappa shape index (κ1) is 31.3. The van der Waals surface area contributed by atoms with Crippen molar-refractivity contribution in [3.63, 3.8) is 0 Å². The standard InChI is InChI=1S/C23H42N4O7/c1-7-13(5)18(22(32)27-19(23(33)34)14(6)8-2)26-21(31)16(9-10-17(28)29)25-20(30)15(24)11-12(3)4/h12-16,18-19H,7-11,24H2,1-6H3,(H,25,30)(H,26,31)(H,27,32)(H,28,29)(H,33,34). The molecule has 0 saturated carbocycles. The third-order valence-corrected chi connectivity index (χ3v) is 5.91. The maximum atomic E-state index is 13.0. The van der Waals surface area contributed by atoms with E-state index in [0.29, 0.717) is 19.3 Å². The molecular weight excluding hydrogens is 444 g/mol. The average molecular weight is 487 g/mol. The monoisotopic (exact) mass is 486 g/mol. The normalized spacial score (nSPS) is 16.5. The Morgan fingerprint density at radius 3 is 1.71 bits per heavy atom. The Morgan fingerprint density at radius 1 is 0.765 bits per heavy atom. The largest absolute Gasteiger partial charge is 0.481 e. The molecule has 0 aromatic rings. The highest BCUT2D eigenvalue weighted by molar-refractivity contribution is 5.94. The summed E-state index contributed by atoms with van der Waals surface area (Å²) in [5, 5.41) is 26.1. The number of amides is 3. The number of carboxylic acid groups (broad SMARTS) is 2. The quantitative estimate of drug-likeness (QED) is 0.185. The Hall–Kier alpha value is -2.69. The number of nitrogens with two attached hydrogens (primary N) is 1. The van der Waals surface area contributed by atoms with Gasteiger partial charge >= 0.3 is 11.9 Å². The number of hydrogen-bond acceptors (Lipinski definition) is 6. The lowest BCUT2D eigenvalue weighted by Crippen LogP contribution is -2.59. The molecule has 0 aliphatic heterocycles. The fraction of sp³-hybridized carbons (Fsp3) is 0.783. The number of nitrogens with one attached hydrogen (secondary N) is 3. The van der Waals surface area contributed by atoms with E-state index in [4.69, 9.17) is 10.8 Å². The van der Waals surface area contributed by atoms with E-state index in [9.17, 15) is 29.1 Å². The van der Waals surface area contributed by atoms with Crippen molar-refractivity contribution in [1.82, 2.24) is 16.0 Å². The third kappa shape index (κ3) is 11.0. The number of carbonyl (C=O) groups is 5. The van der Waals surface area contributed by atoms with Crippen molar-refractivity contribution in [2.75, 3.05) is 0 Å². The Labute approximate surface area is 201 Å². The van der Waals surface area contributed by atoms with Crippen molar-refractivity contribution in [3.05, 3.63) is 0 Å². The van der Waals surface area contributed by atoms with Gasteiger partial charge in [0.25, 0.3) is 0 Å². The van der Waals surface area contributed by atoms with Crippen LogP contribution in [0.2, 0.25) is 0 Å². The number of carbonyl (C=O) groups excluding carboxylic acids is 3. The average Bonchev–Trinajstić information content (AvgIpc) is 2.75. The highest BCUT2D eigenvalue weighted by Gasteiger charge is 2.34. The second kappa shape index (κ2) is 15.3. The molecule has 3 amide bonds. The van der Waals surface area contributed by atoms with Gasteiger partial charge in [-0.3, -0.25) is 19.2 Å². The molecular formula is C23H42N4O7. The van der Waals surface area contributed by atoms with Crippen LogP contribution in [0.25, 0.3) is 0 Å². The van der Waals surface area contributed by atoms with Gasteiger partial charge in [-0.15, -0.1) is 0 Å². The first-order valence-electron chi connectivity index (χ1n) is 11.9. The van der Waals surface area contributed by atoms with Gasteiger partial charge in [-0.2, -0.15) is 0 Å². The molecule has 0 saturated heterocycles. The number of hydrogen-bond donors (Lipinski definition) is 6. The maximum absolute atomic E-state index is 13.0. The van der Waals surface area contributed by atoms with Gasteiger partial charge in [0.2, 0.25) is 17.7 Å². The molecule has 0 aromatic heterocycles. The summed E-state index contributed by atoms with van der Waals surface area (Å²) in [6.45, 7) is 10.8. The summed E-state index contributed by atoms with van der Waals surface area (Å²) in [7, 11) is 0. The number of carboxylic acids is 2. The van der Waals surface area contributed by atoms with Gasteiger partial charge in [0.15, 0.2) is 0 Å². The summed E-state index contributed by atoms with van der Waals surface area (Å²) >= 11 is 0. The summed E-state index contributed by atoms with van der Waals surface area (Å²) in [4.78, 5) is 61.1. The maximum Gasteiger partial charge on any atom is 0.326 e. The van der Waals surface area contributed by atoms with E-state index in [0.717, 1.165) is 0 Å². The summed E-state index contributed by atoms with van der Waals surface area (Å²) in [5.74, 6) is -4.86. The molecule has 34 heavy (non-hydrogen) atoms. The van der Waals surface area contributed by atoms with Crippen molar-refractivity contribution in [3.8, 4) is 0 Å². The van der Waals surface area contributed by atoms with E-state index in [1.54, 1.807) is 20.8 Å². The molecule has 11 nitrogen and oxygen atoms in total. The first-order chi connectivity index (χ1) is 15.7. The second-order valence-electron chi connectivity index (χ2n) is 9.31. The van der Waals surface area contributed by atoms with Crippen LogP contribution in [-0.4, -0.2) is 64.0 Å². The van der Waals surface area contributed by atoms with Crippen molar-refractivity contribution in [2.24, 2.45) is 23.5 Å². The molecule has 0 heterocycles. The SMILES string of the molecule is CCC(C)C(NC(=O)C(NC(=O)C(CCC(=O)O)NC(=O)C(N)CC(C)C)C(C)CC)C(=O)O. The lowest BCUT2D eigenvalue weighted by Gasteiger charge is -2.29. The topological polar surface area (TPSA) is 188 Å². The lowest BCUT2D eigenvalue weighted by molar-refractivity contribution is -0.144. The van der Waals surface area contributed by atoms with Gasteiger partial charge in [0.1, 0.15) is 18.1 Å². The molecule has 0 rings (SSSR count). The summed E-state index contributed by atoms with van der Waals surface area (Å²) in [6, 6.07) is -4.29. The van der Waals surface area contributed by atoms with Gasteiger partial charge in [0, 0.05) is 6.42 Å². The van der Waals surface area contributed by atoms with Gasteiger partial charge in [-0.1, -0.05) is 54.4 Å². The van der Waals surface area contributed by atoms with Crippen molar-refractivity contribution in [2.45, 2.75) is 97.8 Å². The molecule has 7 N–H and O–H groups in total. The molecule has 0 aliphatic rings. The molecule has 0 spiro atoms. The van der Waals surface area contributed by atoms with Crippen LogP contribution in [0.5, 0.6) is 0 Å². The predicted octanol–water partition coefficient (Wildman–Crippen LogP) is 0.856. The van der Waals surface area contributed by atoms with E-state index in [-0.39, 0.29) is 30.6 Å². The number of aliphatic carboxylic acids is 2. The molecule has 11 heteroatoms. The van der Waals surface area contributed by atoms with Gasteiger partial charge in [-0.25, -0.2) is 4.79 Å². The van der Waals surface area contributed by atoms with Crippen LogP contribution in [0.4, 0.5) is 0 Å². The molecule has 196 valence electrons. The lowest BCUT2D eigenvalue weighted by atomic mass is 9.95. The molecule has 0 aliphatic carbocycles. The summed E-state index contributed by atoms with van der Waals surface area (Å²) in [5.41, 5.74) is 5.89. The molecule has 0 bridgehead atoms. The Kier molecular flexibility index (Phi) is 14.1. The van der Waals surface area contributed by atoms with Crippen LogP contribution in [0, 0.1) is 17.8 Å². The van der Waals surface area contributed by atoms with Crippen LogP contribution in [0.15, 0.2) is 0 Å². The van der Waals surface area contributed by atoms with Crippen LogP contribution >= 0.6 is 0 Å². The minimum absolute atomic E-state index is 0.137. The van der Waals surface area contributed by atoms with Gasteiger partial charge in [-0.05, 0) is 30.6 Å². The highest BCUT2D eigenvalue weighted by Crippen LogP contribution is 2.13. The first-order valence-corrected chi connectivity index (χ1v) is 11.9. The van der Waals surface area contributed by atoms with E-state index < -0.39 is 53.8 Å². The fourth-order valence-electron chi connectivity index (χ4n) is 3.31. The fourth-order valence-corrected chi connectivity index (χ4v) is 3.31. The Bertz CT molecular complexity index is 713. The van der Waals surface area contributed by atoms with Crippen molar-refractivity contribution < 1.29 is 34.2 Å². The van der Waals surface area contributed by atoms with E-state index >= 15 is 0 Å². The highest BCUT2D eigenvalue weighted by atomic mass is 16.4. The van der Waals surface area contributed by atoms with Crippen molar-refractivity contribution >= 4 is 29.7 Å². The van der Waals surface area contributed by atoms with Crippen LogP contribution in [0.3, 0.4) is 0 Å². The summed E-state index contributed by atoms with van der Waals surface area (Å²) < 4.78 is 0.